The van der Waals surface area contributed by atoms with Gasteiger partial charge in [-0.05, 0) is 38.6 Å². The van der Waals surface area contributed by atoms with E-state index in [9.17, 15) is 4.79 Å². The Balaban J connectivity index is 1.94. The molecule has 0 saturated carbocycles. The van der Waals surface area contributed by atoms with Crippen LogP contribution in [0.2, 0.25) is 0 Å². The summed E-state index contributed by atoms with van der Waals surface area (Å²) in [5.41, 5.74) is 2.50. The van der Waals surface area contributed by atoms with Crippen molar-refractivity contribution in [1.29, 1.82) is 0 Å². The minimum absolute atomic E-state index is 0.202. The number of likely N-dealkylation sites (N-methyl/N-ethyl adjacent to an activating group) is 1. The molecule has 2 aromatic rings. The number of hydrogen-bond acceptors (Lipinski definition) is 3. The van der Waals surface area contributed by atoms with Crippen LogP contribution in [0.5, 0.6) is 0 Å². The van der Waals surface area contributed by atoms with Crippen molar-refractivity contribution in [3.05, 3.63) is 57.3 Å². The van der Waals surface area contributed by atoms with Gasteiger partial charge in [0.1, 0.15) is 0 Å². The van der Waals surface area contributed by atoms with Crippen molar-refractivity contribution < 1.29 is 4.79 Å². The summed E-state index contributed by atoms with van der Waals surface area (Å²) in [7, 11) is 1.99. The van der Waals surface area contributed by atoms with Gasteiger partial charge in [-0.15, -0.1) is 11.3 Å². The number of ketones is 1. The molecule has 0 N–H and O–H groups in total. The van der Waals surface area contributed by atoms with Crippen molar-refractivity contribution in [1.82, 2.24) is 4.90 Å². The molecular formula is C16H19NOS. The zero-order valence-electron chi connectivity index (χ0n) is 11.6. The highest BCUT2D eigenvalue weighted by atomic mass is 32.1. The first-order valence-electron chi connectivity index (χ1n) is 6.38. The Kier molecular flexibility index (Phi) is 4.51. The summed E-state index contributed by atoms with van der Waals surface area (Å²) < 4.78 is 0. The topological polar surface area (TPSA) is 20.3 Å². The van der Waals surface area contributed by atoms with Crippen molar-refractivity contribution in [2.24, 2.45) is 0 Å². The standard InChI is InChI=1S/C16H19NOS/c1-12-5-4-6-14(9-12)10-17(3)11-15(18)16-8-7-13(2)19-16/h4-9H,10-11H2,1-3H3. The second-order valence-electron chi connectivity index (χ2n) is 4.99. The van der Waals surface area contributed by atoms with Gasteiger partial charge in [0.25, 0.3) is 0 Å². The summed E-state index contributed by atoms with van der Waals surface area (Å²) >= 11 is 1.57. The molecule has 100 valence electrons. The maximum absolute atomic E-state index is 12.1. The highest BCUT2D eigenvalue weighted by Crippen LogP contribution is 2.16. The van der Waals surface area contributed by atoms with Crippen molar-refractivity contribution in [2.45, 2.75) is 20.4 Å². The van der Waals surface area contributed by atoms with Crippen LogP contribution in [0.3, 0.4) is 0 Å². The fourth-order valence-corrected chi connectivity index (χ4v) is 2.88. The van der Waals surface area contributed by atoms with Crippen LogP contribution < -0.4 is 0 Å². The van der Waals surface area contributed by atoms with E-state index in [1.165, 1.54) is 16.0 Å². The smallest absolute Gasteiger partial charge is 0.186 e. The minimum atomic E-state index is 0.202. The maximum Gasteiger partial charge on any atom is 0.186 e. The van der Waals surface area contributed by atoms with Crippen LogP contribution in [0.15, 0.2) is 36.4 Å². The van der Waals surface area contributed by atoms with E-state index in [0.717, 1.165) is 11.4 Å². The number of carbonyl (C=O) groups excluding carboxylic acids is 1. The van der Waals surface area contributed by atoms with Gasteiger partial charge in [0.15, 0.2) is 5.78 Å². The monoisotopic (exact) mass is 273 g/mol. The van der Waals surface area contributed by atoms with Crippen LogP contribution in [-0.4, -0.2) is 24.3 Å². The Morgan fingerprint density at radius 2 is 2.00 bits per heavy atom. The third kappa shape index (κ3) is 4.01. The molecule has 2 rings (SSSR count). The molecule has 1 heterocycles. The van der Waals surface area contributed by atoms with E-state index in [0.29, 0.717) is 6.54 Å². The van der Waals surface area contributed by atoms with E-state index in [1.54, 1.807) is 11.3 Å². The van der Waals surface area contributed by atoms with Crippen LogP contribution in [0.1, 0.15) is 25.7 Å². The van der Waals surface area contributed by atoms with Gasteiger partial charge in [0.05, 0.1) is 11.4 Å². The molecule has 19 heavy (non-hydrogen) atoms. The number of nitrogens with zero attached hydrogens (tertiary/aromatic N) is 1. The number of Topliss-reactive ketones (excluding diaryl/α,β-unsaturated/α-hetero) is 1. The molecule has 1 aromatic carbocycles. The number of thiophene rings is 1. The van der Waals surface area contributed by atoms with E-state index in [4.69, 9.17) is 0 Å². The van der Waals surface area contributed by atoms with Crippen molar-refractivity contribution >= 4 is 17.1 Å². The number of aryl methyl sites for hydroxylation is 2. The lowest BCUT2D eigenvalue weighted by Crippen LogP contribution is -2.25. The Bertz CT molecular complexity index is 574. The van der Waals surface area contributed by atoms with Crippen molar-refractivity contribution in [2.75, 3.05) is 13.6 Å². The number of rotatable bonds is 5. The van der Waals surface area contributed by atoms with E-state index in [1.807, 2.05) is 26.1 Å². The van der Waals surface area contributed by atoms with Gasteiger partial charge < -0.3 is 0 Å². The lowest BCUT2D eigenvalue weighted by Gasteiger charge is -2.15. The Labute approximate surface area is 118 Å². The molecule has 2 nitrogen and oxygen atoms in total. The summed E-state index contributed by atoms with van der Waals surface area (Å²) in [6.07, 6.45) is 0. The molecule has 0 aliphatic rings. The van der Waals surface area contributed by atoms with Crippen LogP contribution in [0, 0.1) is 13.8 Å². The summed E-state index contributed by atoms with van der Waals surface area (Å²) in [5, 5.41) is 0. The Hall–Kier alpha value is -1.45. The molecule has 0 radical (unpaired) electrons. The lowest BCUT2D eigenvalue weighted by atomic mass is 10.1. The molecule has 0 bridgehead atoms. The number of benzene rings is 1. The summed E-state index contributed by atoms with van der Waals surface area (Å²) in [6, 6.07) is 12.3. The summed E-state index contributed by atoms with van der Waals surface area (Å²) in [5.74, 6) is 0.202. The third-order valence-corrected chi connectivity index (χ3v) is 4.01. The molecule has 0 spiro atoms. The molecule has 0 aliphatic carbocycles. The Morgan fingerprint density at radius 1 is 1.21 bits per heavy atom. The quantitative estimate of drug-likeness (QED) is 0.775. The van der Waals surface area contributed by atoms with Gasteiger partial charge in [-0.25, -0.2) is 0 Å². The zero-order valence-corrected chi connectivity index (χ0v) is 12.5. The first-order chi connectivity index (χ1) is 9.04. The van der Waals surface area contributed by atoms with E-state index >= 15 is 0 Å². The molecule has 0 amide bonds. The van der Waals surface area contributed by atoms with Crippen LogP contribution >= 0.6 is 11.3 Å². The number of carbonyl (C=O) groups is 1. The minimum Gasteiger partial charge on any atom is -0.295 e. The molecule has 3 heteroatoms. The SMILES string of the molecule is Cc1cccc(CN(C)CC(=O)c2ccc(C)s2)c1. The normalized spacial score (nSPS) is 10.9. The molecular weight excluding hydrogens is 254 g/mol. The molecule has 1 aromatic heterocycles. The first-order valence-corrected chi connectivity index (χ1v) is 7.20. The van der Waals surface area contributed by atoms with E-state index < -0.39 is 0 Å². The van der Waals surface area contributed by atoms with Crippen molar-refractivity contribution in [3.63, 3.8) is 0 Å². The fourth-order valence-electron chi connectivity index (χ4n) is 2.09. The van der Waals surface area contributed by atoms with Gasteiger partial charge in [-0.1, -0.05) is 29.8 Å². The van der Waals surface area contributed by atoms with Crippen LogP contribution in [0.25, 0.3) is 0 Å². The number of hydrogen-bond donors (Lipinski definition) is 0. The average molecular weight is 273 g/mol. The highest BCUT2D eigenvalue weighted by molar-refractivity contribution is 7.14. The first kappa shape index (κ1) is 14.0. The van der Waals surface area contributed by atoms with Crippen LogP contribution in [0.4, 0.5) is 0 Å². The predicted molar refractivity (Wildman–Crippen MR) is 80.9 cm³/mol. The van der Waals surface area contributed by atoms with Gasteiger partial charge in [-0.2, -0.15) is 0 Å². The lowest BCUT2D eigenvalue weighted by molar-refractivity contribution is 0.0947. The van der Waals surface area contributed by atoms with E-state index in [-0.39, 0.29) is 5.78 Å². The molecule has 0 aliphatic heterocycles. The average Bonchev–Trinajstić information content (AvgIpc) is 2.75. The molecule has 0 atom stereocenters. The van der Waals surface area contributed by atoms with Gasteiger partial charge in [0.2, 0.25) is 0 Å². The predicted octanol–water partition coefficient (Wildman–Crippen LogP) is 3.68. The summed E-state index contributed by atoms with van der Waals surface area (Å²) in [4.78, 5) is 16.2. The van der Waals surface area contributed by atoms with Crippen LogP contribution in [-0.2, 0) is 6.54 Å². The van der Waals surface area contributed by atoms with Gasteiger partial charge >= 0.3 is 0 Å². The second-order valence-corrected chi connectivity index (χ2v) is 6.28. The molecule has 0 saturated heterocycles. The summed E-state index contributed by atoms with van der Waals surface area (Å²) in [6.45, 7) is 5.38. The van der Waals surface area contributed by atoms with Gasteiger partial charge in [-0.3, -0.25) is 9.69 Å². The Morgan fingerprint density at radius 3 is 2.63 bits per heavy atom. The maximum atomic E-state index is 12.1. The fraction of sp³-hybridized carbons (Fsp3) is 0.312. The van der Waals surface area contributed by atoms with Gasteiger partial charge in [0, 0.05) is 11.4 Å². The highest BCUT2D eigenvalue weighted by Gasteiger charge is 2.11. The zero-order chi connectivity index (χ0) is 13.8. The molecule has 0 unspecified atom stereocenters. The molecule has 0 fully saturated rings. The second kappa shape index (κ2) is 6.13. The third-order valence-electron chi connectivity index (χ3n) is 2.96. The largest absolute Gasteiger partial charge is 0.295 e. The van der Waals surface area contributed by atoms with E-state index in [2.05, 4.69) is 36.1 Å². The van der Waals surface area contributed by atoms with Crippen molar-refractivity contribution in [3.8, 4) is 0 Å².